The highest BCUT2D eigenvalue weighted by Gasteiger charge is 2.14. The van der Waals surface area contributed by atoms with E-state index < -0.39 is 0 Å². The van der Waals surface area contributed by atoms with Crippen LogP contribution in [0.15, 0.2) is 30.9 Å². The fourth-order valence-corrected chi connectivity index (χ4v) is 2.02. The van der Waals surface area contributed by atoms with Crippen molar-refractivity contribution in [2.24, 2.45) is 0 Å². The normalized spacial score (nSPS) is 11.5. The molecule has 0 aliphatic carbocycles. The molecule has 1 aromatic carbocycles. The number of methoxy groups -OCH3 is 1. The smallest absolute Gasteiger partial charge is 0.140 e. The lowest BCUT2D eigenvalue weighted by molar-refractivity contribution is 0.408. The molecule has 0 bridgehead atoms. The van der Waals surface area contributed by atoms with Gasteiger partial charge in [0.25, 0.3) is 0 Å². The van der Waals surface area contributed by atoms with Crippen molar-refractivity contribution in [3.8, 4) is 11.8 Å². The molecule has 78 valence electrons. The molecule has 1 unspecified atom stereocenters. The molecule has 1 atom stereocenters. The molecule has 3 heteroatoms. The number of nitriles is 1. The molecule has 0 aromatic heterocycles. The van der Waals surface area contributed by atoms with Crippen molar-refractivity contribution in [1.29, 1.82) is 5.26 Å². The van der Waals surface area contributed by atoms with Gasteiger partial charge in [-0.1, -0.05) is 34.1 Å². The number of alkyl halides is 1. The van der Waals surface area contributed by atoms with Crippen molar-refractivity contribution < 1.29 is 4.74 Å². The Hall–Kier alpha value is -1.27. The minimum Gasteiger partial charge on any atom is -0.495 e. The standard InChI is InChI=1S/C12H12BrNO/c1-3-5-11(13)10-7-4-6-9(8-14)12(10)15-2/h3-4,6-7,11H,1,5H2,2H3. The van der Waals surface area contributed by atoms with Crippen LogP contribution in [0, 0.1) is 11.3 Å². The second kappa shape index (κ2) is 5.57. The highest BCUT2D eigenvalue weighted by molar-refractivity contribution is 9.09. The number of halogens is 1. The highest BCUT2D eigenvalue weighted by Crippen LogP contribution is 2.35. The highest BCUT2D eigenvalue weighted by atomic mass is 79.9. The Morgan fingerprint density at radius 2 is 2.40 bits per heavy atom. The molecule has 2 nitrogen and oxygen atoms in total. The fourth-order valence-electron chi connectivity index (χ4n) is 1.39. The molecule has 1 rings (SSSR count). The Kier molecular flexibility index (Phi) is 4.38. The van der Waals surface area contributed by atoms with Gasteiger partial charge in [0.15, 0.2) is 0 Å². The van der Waals surface area contributed by atoms with Crippen LogP contribution in [0.4, 0.5) is 0 Å². The van der Waals surface area contributed by atoms with Crippen LogP contribution in [-0.2, 0) is 0 Å². The fraction of sp³-hybridized carbons (Fsp3) is 0.250. The molecular weight excluding hydrogens is 254 g/mol. The third-order valence-electron chi connectivity index (χ3n) is 2.08. The van der Waals surface area contributed by atoms with Crippen molar-refractivity contribution in [3.63, 3.8) is 0 Å². The third kappa shape index (κ3) is 2.60. The van der Waals surface area contributed by atoms with Gasteiger partial charge in [-0.2, -0.15) is 5.26 Å². The van der Waals surface area contributed by atoms with Gasteiger partial charge >= 0.3 is 0 Å². The van der Waals surface area contributed by atoms with E-state index in [4.69, 9.17) is 10.00 Å². The maximum absolute atomic E-state index is 8.92. The number of allylic oxidation sites excluding steroid dienone is 1. The first-order valence-corrected chi connectivity index (χ1v) is 5.48. The molecule has 0 amide bonds. The monoisotopic (exact) mass is 265 g/mol. The Labute approximate surface area is 98.3 Å². The Bertz CT molecular complexity index is 395. The van der Waals surface area contributed by atoms with Crippen LogP contribution in [0.2, 0.25) is 0 Å². The number of hydrogen-bond donors (Lipinski definition) is 0. The molecule has 0 fully saturated rings. The summed E-state index contributed by atoms with van der Waals surface area (Å²) in [5, 5.41) is 8.92. The molecule has 0 aliphatic heterocycles. The molecule has 0 saturated carbocycles. The summed E-state index contributed by atoms with van der Waals surface area (Å²) in [6.07, 6.45) is 2.63. The third-order valence-corrected chi connectivity index (χ3v) is 2.95. The number of rotatable bonds is 4. The number of para-hydroxylation sites is 1. The van der Waals surface area contributed by atoms with Crippen LogP contribution in [-0.4, -0.2) is 7.11 Å². The molecule has 0 spiro atoms. The van der Waals surface area contributed by atoms with Crippen LogP contribution in [0.1, 0.15) is 22.4 Å². The SMILES string of the molecule is C=CCC(Br)c1cccc(C#N)c1OC. The molecule has 15 heavy (non-hydrogen) atoms. The number of benzene rings is 1. The summed E-state index contributed by atoms with van der Waals surface area (Å²) in [5.74, 6) is 0.642. The van der Waals surface area contributed by atoms with E-state index in [0.717, 1.165) is 12.0 Å². The maximum atomic E-state index is 8.92. The van der Waals surface area contributed by atoms with Crippen LogP contribution in [0.25, 0.3) is 0 Å². The van der Waals surface area contributed by atoms with Gasteiger partial charge < -0.3 is 4.74 Å². The van der Waals surface area contributed by atoms with E-state index in [1.54, 1.807) is 13.2 Å². The Morgan fingerprint density at radius 3 is 2.93 bits per heavy atom. The summed E-state index contributed by atoms with van der Waals surface area (Å²) in [5.41, 5.74) is 1.54. The van der Waals surface area contributed by atoms with E-state index in [2.05, 4.69) is 28.6 Å². The Morgan fingerprint density at radius 1 is 1.67 bits per heavy atom. The van der Waals surface area contributed by atoms with Crippen molar-refractivity contribution in [2.45, 2.75) is 11.2 Å². The van der Waals surface area contributed by atoms with Crippen molar-refractivity contribution in [3.05, 3.63) is 42.0 Å². The lowest BCUT2D eigenvalue weighted by atomic mass is 10.0. The molecule has 0 heterocycles. The van der Waals surface area contributed by atoms with Crippen molar-refractivity contribution >= 4 is 15.9 Å². The van der Waals surface area contributed by atoms with Gasteiger partial charge in [0.2, 0.25) is 0 Å². The van der Waals surface area contributed by atoms with E-state index in [1.807, 2.05) is 18.2 Å². The van der Waals surface area contributed by atoms with Crippen LogP contribution in [0.3, 0.4) is 0 Å². The molecule has 0 N–H and O–H groups in total. The van der Waals surface area contributed by atoms with Gasteiger partial charge in [-0.05, 0) is 12.5 Å². The average molecular weight is 266 g/mol. The van der Waals surface area contributed by atoms with Gasteiger partial charge in [-0.3, -0.25) is 0 Å². The van der Waals surface area contributed by atoms with E-state index in [9.17, 15) is 0 Å². The number of hydrogen-bond acceptors (Lipinski definition) is 2. The molecule has 1 aromatic rings. The lowest BCUT2D eigenvalue weighted by Gasteiger charge is -2.13. The average Bonchev–Trinajstić information content (AvgIpc) is 2.28. The van der Waals surface area contributed by atoms with Gasteiger partial charge in [0.1, 0.15) is 11.8 Å². The summed E-state index contributed by atoms with van der Waals surface area (Å²) in [6.45, 7) is 3.69. The number of nitrogens with zero attached hydrogens (tertiary/aromatic N) is 1. The molecule has 0 aliphatic rings. The summed E-state index contributed by atoms with van der Waals surface area (Å²) < 4.78 is 5.25. The maximum Gasteiger partial charge on any atom is 0.140 e. The zero-order chi connectivity index (χ0) is 11.3. The van der Waals surface area contributed by atoms with Crippen molar-refractivity contribution in [1.82, 2.24) is 0 Å². The summed E-state index contributed by atoms with van der Waals surface area (Å²) in [4.78, 5) is 0.137. The largest absolute Gasteiger partial charge is 0.495 e. The van der Waals surface area contributed by atoms with Crippen LogP contribution < -0.4 is 4.74 Å². The topological polar surface area (TPSA) is 33.0 Å². The number of ether oxygens (including phenoxy) is 1. The van der Waals surface area contributed by atoms with Crippen molar-refractivity contribution in [2.75, 3.05) is 7.11 Å². The summed E-state index contributed by atoms with van der Waals surface area (Å²) in [7, 11) is 1.58. The minimum absolute atomic E-state index is 0.137. The van der Waals surface area contributed by atoms with Gasteiger partial charge in [0, 0.05) is 10.4 Å². The first-order chi connectivity index (χ1) is 7.24. The predicted octanol–water partition coefficient (Wildman–Crippen LogP) is 3.58. The van der Waals surface area contributed by atoms with E-state index >= 15 is 0 Å². The Balaban J connectivity index is 3.17. The van der Waals surface area contributed by atoms with E-state index in [-0.39, 0.29) is 4.83 Å². The van der Waals surface area contributed by atoms with Crippen LogP contribution >= 0.6 is 15.9 Å². The van der Waals surface area contributed by atoms with E-state index in [1.165, 1.54) is 0 Å². The first kappa shape index (κ1) is 11.8. The van der Waals surface area contributed by atoms with E-state index in [0.29, 0.717) is 11.3 Å². The lowest BCUT2D eigenvalue weighted by Crippen LogP contribution is -1.97. The van der Waals surface area contributed by atoms with Crippen LogP contribution in [0.5, 0.6) is 5.75 Å². The van der Waals surface area contributed by atoms with Gasteiger partial charge in [-0.15, -0.1) is 6.58 Å². The summed E-state index contributed by atoms with van der Waals surface area (Å²) >= 11 is 3.54. The minimum atomic E-state index is 0.137. The zero-order valence-electron chi connectivity index (χ0n) is 8.53. The zero-order valence-corrected chi connectivity index (χ0v) is 10.1. The molecule has 0 saturated heterocycles. The quantitative estimate of drug-likeness (QED) is 0.616. The van der Waals surface area contributed by atoms with Gasteiger partial charge in [-0.25, -0.2) is 0 Å². The predicted molar refractivity (Wildman–Crippen MR) is 64.2 cm³/mol. The molecular formula is C12H12BrNO. The molecule has 0 radical (unpaired) electrons. The first-order valence-electron chi connectivity index (χ1n) is 4.56. The summed E-state index contributed by atoms with van der Waals surface area (Å²) in [6, 6.07) is 7.66. The van der Waals surface area contributed by atoms with Gasteiger partial charge in [0.05, 0.1) is 12.7 Å². The second-order valence-corrected chi connectivity index (χ2v) is 4.14. The second-order valence-electron chi connectivity index (χ2n) is 3.03.